The van der Waals surface area contributed by atoms with Crippen LogP contribution in [0.5, 0.6) is 0 Å². The molecule has 3 heterocycles. The number of hydroxylamine groups is 1. The molecular weight excluding hydrogens is 254 g/mol. The third kappa shape index (κ3) is 1.57. The summed E-state index contributed by atoms with van der Waals surface area (Å²) in [5.74, 6) is 0.545. The van der Waals surface area contributed by atoms with E-state index in [9.17, 15) is 5.21 Å². The van der Waals surface area contributed by atoms with Gasteiger partial charge in [-0.1, -0.05) is 11.6 Å². The summed E-state index contributed by atoms with van der Waals surface area (Å²) in [6.45, 7) is 2.86. The molecule has 2 aromatic rings. The molecule has 1 fully saturated rings. The molecular formula is C14H17N5O. The van der Waals surface area contributed by atoms with Crippen LogP contribution >= 0.6 is 0 Å². The zero-order valence-electron chi connectivity index (χ0n) is 11.5. The van der Waals surface area contributed by atoms with Gasteiger partial charge in [0.05, 0.1) is 11.9 Å². The maximum Gasteiger partial charge on any atom is 0.183 e. The van der Waals surface area contributed by atoms with Gasteiger partial charge in [0.1, 0.15) is 11.8 Å². The predicted octanol–water partition coefficient (Wildman–Crippen LogP) is 2.29. The first-order valence-corrected chi connectivity index (χ1v) is 7.03. The average molecular weight is 271 g/mol. The van der Waals surface area contributed by atoms with Crippen molar-refractivity contribution in [3.8, 4) is 0 Å². The Labute approximate surface area is 116 Å². The third-order valence-corrected chi connectivity index (χ3v) is 4.44. The Bertz CT molecular complexity index is 701. The van der Waals surface area contributed by atoms with Crippen molar-refractivity contribution in [2.75, 3.05) is 5.06 Å². The van der Waals surface area contributed by atoms with E-state index in [2.05, 4.69) is 28.0 Å². The minimum absolute atomic E-state index is 0.421. The molecule has 0 amide bonds. The summed E-state index contributed by atoms with van der Waals surface area (Å²) in [6.07, 6.45) is 9.82. The van der Waals surface area contributed by atoms with Crippen LogP contribution in [0.1, 0.15) is 32.6 Å². The highest BCUT2D eigenvalue weighted by atomic mass is 16.5. The first-order valence-electron chi connectivity index (χ1n) is 7.03. The Balaban J connectivity index is 1.86. The van der Waals surface area contributed by atoms with Gasteiger partial charge in [-0.15, -0.1) is 0 Å². The molecule has 1 unspecified atom stereocenters. The monoisotopic (exact) mass is 271 g/mol. The normalized spacial score (nSPS) is 25.5. The summed E-state index contributed by atoms with van der Waals surface area (Å²) in [5.41, 5.74) is 2.46. The van der Waals surface area contributed by atoms with E-state index < -0.39 is 5.54 Å². The van der Waals surface area contributed by atoms with Gasteiger partial charge in [0.25, 0.3) is 0 Å². The van der Waals surface area contributed by atoms with Crippen molar-refractivity contribution in [1.82, 2.24) is 19.5 Å². The van der Waals surface area contributed by atoms with E-state index in [0.717, 1.165) is 31.3 Å². The maximum absolute atomic E-state index is 10.7. The summed E-state index contributed by atoms with van der Waals surface area (Å²) < 4.78 is 2.03. The van der Waals surface area contributed by atoms with Gasteiger partial charge >= 0.3 is 0 Å². The molecule has 6 nitrogen and oxygen atoms in total. The van der Waals surface area contributed by atoms with Crippen molar-refractivity contribution in [1.29, 1.82) is 0 Å². The molecule has 1 aliphatic carbocycles. The lowest BCUT2D eigenvalue weighted by atomic mass is 9.85. The molecule has 0 aromatic carbocycles. The molecule has 2 aliphatic rings. The Morgan fingerprint density at radius 1 is 1.30 bits per heavy atom. The summed E-state index contributed by atoms with van der Waals surface area (Å²) in [7, 11) is 0. The molecule has 2 aromatic heterocycles. The van der Waals surface area contributed by atoms with Gasteiger partial charge in [-0.05, 0) is 32.6 Å². The summed E-state index contributed by atoms with van der Waals surface area (Å²) >= 11 is 0. The number of rotatable bonds is 1. The van der Waals surface area contributed by atoms with Crippen LogP contribution in [0.25, 0.3) is 11.2 Å². The second-order valence-corrected chi connectivity index (χ2v) is 5.88. The van der Waals surface area contributed by atoms with Crippen LogP contribution in [0.15, 0.2) is 24.3 Å². The minimum Gasteiger partial charge on any atom is -0.326 e. The van der Waals surface area contributed by atoms with Crippen LogP contribution in [0.3, 0.4) is 0 Å². The standard InChI is InChI=1S/C14H17N5O/c1-14(7-10-3-2-4-10)5-6-18-9-17-12-11(18)13(19(14)20)16-8-15-12/h7-9,20H,2-6H2,1H3. The highest BCUT2D eigenvalue weighted by Crippen LogP contribution is 2.37. The van der Waals surface area contributed by atoms with Crippen LogP contribution in [0.2, 0.25) is 0 Å². The van der Waals surface area contributed by atoms with Crippen molar-refractivity contribution in [3.05, 3.63) is 24.3 Å². The molecule has 1 N–H and O–H groups in total. The highest BCUT2D eigenvalue weighted by Gasteiger charge is 2.35. The van der Waals surface area contributed by atoms with Gasteiger partial charge in [-0.25, -0.2) is 20.0 Å². The van der Waals surface area contributed by atoms with Crippen molar-refractivity contribution >= 4 is 17.0 Å². The first kappa shape index (κ1) is 11.8. The molecule has 1 atom stereocenters. The first-order chi connectivity index (χ1) is 9.67. The van der Waals surface area contributed by atoms with Gasteiger partial charge in [0, 0.05) is 6.54 Å². The summed E-state index contributed by atoms with van der Waals surface area (Å²) in [4.78, 5) is 12.7. The molecule has 20 heavy (non-hydrogen) atoms. The SMILES string of the molecule is CC1(C=C2CCC2)CCn2cnc3ncnc(c32)N1O. The van der Waals surface area contributed by atoms with Gasteiger partial charge in [-0.3, -0.25) is 5.21 Å². The molecule has 104 valence electrons. The molecule has 1 saturated carbocycles. The van der Waals surface area contributed by atoms with Crippen molar-refractivity contribution < 1.29 is 5.21 Å². The Morgan fingerprint density at radius 2 is 2.15 bits per heavy atom. The van der Waals surface area contributed by atoms with Crippen LogP contribution < -0.4 is 5.06 Å². The smallest absolute Gasteiger partial charge is 0.183 e. The zero-order valence-corrected chi connectivity index (χ0v) is 11.5. The Hall–Kier alpha value is -1.95. The largest absolute Gasteiger partial charge is 0.326 e. The topological polar surface area (TPSA) is 67.1 Å². The highest BCUT2D eigenvalue weighted by molar-refractivity contribution is 5.83. The summed E-state index contributed by atoms with van der Waals surface area (Å²) in [5, 5.41) is 12.0. The van der Waals surface area contributed by atoms with E-state index in [1.807, 2.05) is 4.57 Å². The second kappa shape index (κ2) is 4.02. The van der Waals surface area contributed by atoms with E-state index in [0.29, 0.717) is 11.5 Å². The van der Waals surface area contributed by atoms with E-state index in [1.165, 1.54) is 23.4 Å². The summed E-state index contributed by atoms with van der Waals surface area (Å²) in [6, 6.07) is 0. The maximum atomic E-state index is 10.7. The van der Waals surface area contributed by atoms with Crippen LogP contribution in [-0.2, 0) is 6.54 Å². The quantitative estimate of drug-likeness (QED) is 0.806. The van der Waals surface area contributed by atoms with Gasteiger partial charge in [0.2, 0.25) is 0 Å². The number of aryl methyl sites for hydroxylation is 1. The fraction of sp³-hybridized carbons (Fsp3) is 0.500. The molecule has 1 aliphatic heterocycles. The molecule has 0 spiro atoms. The van der Waals surface area contributed by atoms with Crippen LogP contribution in [-0.4, -0.2) is 30.3 Å². The number of hydrogen-bond donors (Lipinski definition) is 1. The number of anilines is 1. The van der Waals surface area contributed by atoms with Crippen molar-refractivity contribution in [3.63, 3.8) is 0 Å². The van der Waals surface area contributed by atoms with Gasteiger partial charge in [0.15, 0.2) is 11.5 Å². The van der Waals surface area contributed by atoms with E-state index in [-0.39, 0.29) is 0 Å². The second-order valence-electron chi connectivity index (χ2n) is 5.88. The fourth-order valence-corrected chi connectivity index (χ4v) is 3.01. The fourth-order valence-electron chi connectivity index (χ4n) is 3.01. The number of aromatic nitrogens is 4. The Morgan fingerprint density at radius 3 is 2.90 bits per heavy atom. The van der Waals surface area contributed by atoms with Crippen LogP contribution in [0, 0.1) is 0 Å². The number of allylic oxidation sites excluding steroid dienone is 1. The Kier molecular flexibility index (Phi) is 2.38. The van der Waals surface area contributed by atoms with E-state index >= 15 is 0 Å². The van der Waals surface area contributed by atoms with E-state index in [1.54, 1.807) is 6.33 Å². The molecule has 4 rings (SSSR count). The predicted molar refractivity (Wildman–Crippen MR) is 74.5 cm³/mol. The van der Waals surface area contributed by atoms with Gasteiger partial charge in [-0.2, -0.15) is 0 Å². The molecule has 0 radical (unpaired) electrons. The molecule has 0 bridgehead atoms. The number of nitrogens with zero attached hydrogens (tertiary/aromatic N) is 5. The third-order valence-electron chi connectivity index (χ3n) is 4.44. The lowest BCUT2D eigenvalue weighted by molar-refractivity contribution is 0.176. The van der Waals surface area contributed by atoms with E-state index in [4.69, 9.17) is 0 Å². The van der Waals surface area contributed by atoms with Crippen LogP contribution in [0.4, 0.5) is 5.82 Å². The van der Waals surface area contributed by atoms with Crippen molar-refractivity contribution in [2.24, 2.45) is 0 Å². The minimum atomic E-state index is -0.421. The lowest BCUT2D eigenvalue weighted by Gasteiger charge is -2.35. The lowest BCUT2D eigenvalue weighted by Crippen LogP contribution is -2.43. The zero-order chi connectivity index (χ0) is 13.7. The number of hydrogen-bond acceptors (Lipinski definition) is 5. The molecule has 6 heteroatoms. The van der Waals surface area contributed by atoms with Crippen molar-refractivity contribution in [2.45, 2.75) is 44.7 Å². The molecule has 0 saturated heterocycles. The average Bonchev–Trinajstić information content (AvgIpc) is 2.79. The van der Waals surface area contributed by atoms with Gasteiger partial charge < -0.3 is 4.57 Å². The number of imidazole rings is 1.